The predicted octanol–water partition coefficient (Wildman–Crippen LogP) is 0.850. The summed E-state index contributed by atoms with van der Waals surface area (Å²) in [6.45, 7) is 1.22. The van der Waals surface area contributed by atoms with E-state index in [1.165, 1.54) is 12.1 Å². The van der Waals surface area contributed by atoms with Gasteiger partial charge >= 0.3 is 5.97 Å². The number of halogens is 1. The maximum absolute atomic E-state index is 13.1. The summed E-state index contributed by atoms with van der Waals surface area (Å²) >= 11 is 0. The van der Waals surface area contributed by atoms with Gasteiger partial charge in [0.25, 0.3) is 0 Å². The number of carboxylic acid groups (broad SMARTS) is 1. The van der Waals surface area contributed by atoms with Gasteiger partial charge in [0.05, 0.1) is 17.8 Å². The van der Waals surface area contributed by atoms with Gasteiger partial charge in [0.2, 0.25) is 5.91 Å². The number of benzene rings is 1. The smallest absolute Gasteiger partial charge is 0.337 e. The molecular weight excluding hydrogens is 239 g/mol. The number of anilines is 1. The van der Waals surface area contributed by atoms with E-state index in [0.717, 1.165) is 12.5 Å². The highest BCUT2D eigenvalue weighted by Gasteiger charge is 2.20. The zero-order chi connectivity index (χ0) is 13.1. The maximum Gasteiger partial charge on any atom is 0.337 e. The molecule has 0 aromatic heterocycles. The average molecular weight is 252 g/mol. The first-order valence-electron chi connectivity index (χ1n) is 5.62. The summed E-state index contributed by atoms with van der Waals surface area (Å²) in [4.78, 5) is 24.2. The standard InChI is InChI=1S/C12H13FN2O3/c13-8-2-3-10(9(6-8)12(17)18)15-5-1-4-14-11(16)7-15/h2-3,6H,1,4-5,7H2,(H,14,16)(H,17,18). The predicted molar refractivity (Wildman–Crippen MR) is 63.2 cm³/mol. The Labute approximate surface area is 103 Å². The number of amides is 1. The highest BCUT2D eigenvalue weighted by Crippen LogP contribution is 2.22. The molecule has 1 amide bonds. The van der Waals surface area contributed by atoms with Crippen LogP contribution in [-0.2, 0) is 4.79 Å². The fourth-order valence-corrected chi connectivity index (χ4v) is 1.97. The normalized spacial score (nSPS) is 16.1. The van der Waals surface area contributed by atoms with E-state index in [-0.39, 0.29) is 18.0 Å². The van der Waals surface area contributed by atoms with Gasteiger partial charge in [-0.25, -0.2) is 9.18 Å². The van der Waals surface area contributed by atoms with Crippen molar-refractivity contribution in [3.8, 4) is 0 Å². The first-order chi connectivity index (χ1) is 8.58. The Morgan fingerprint density at radius 1 is 1.44 bits per heavy atom. The monoisotopic (exact) mass is 252 g/mol. The zero-order valence-electron chi connectivity index (χ0n) is 9.65. The van der Waals surface area contributed by atoms with Gasteiger partial charge in [-0.05, 0) is 24.6 Å². The molecule has 0 spiro atoms. The zero-order valence-corrected chi connectivity index (χ0v) is 9.65. The van der Waals surface area contributed by atoms with Crippen LogP contribution in [0.15, 0.2) is 18.2 Å². The van der Waals surface area contributed by atoms with Crippen LogP contribution in [0, 0.1) is 5.82 Å². The number of aromatic carboxylic acids is 1. The fourth-order valence-electron chi connectivity index (χ4n) is 1.97. The van der Waals surface area contributed by atoms with Gasteiger partial charge in [-0.2, -0.15) is 0 Å². The highest BCUT2D eigenvalue weighted by atomic mass is 19.1. The van der Waals surface area contributed by atoms with E-state index in [1.54, 1.807) is 4.90 Å². The molecule has 1 aromatic carbocycles. The minimum absolute atomic E-state index is 0.0892. The van der Waals surface area contributed by atoms with Crippen molar-refractivity contribution in [3.05, 3.63) is 29.6 Å². The van der Waals surface area contributed by atoms with Gasteiger partial charge in [0, 0.05) is 13.1 Å². The summed E-state index contributed by atoms with van der Waals surface area (Å²) in [5.74, 6) is -1.96. The molecule has 0 aliphatic carbocycles. The molecule has 1 aliphatic heterocycles. The quantitative estimate of drug-likeness (QED) is 0.818. The Balaban J connectivity index is 2.36. The van der Waals surface area contributed by atoms with E-state index in [0.29, 0.717) is 18.8 Å². The number of carboxylic acids is 1. The van der Waals surface area contributed by atoms with Crippen LogP contribution in [-0.4, -0.2) is 36.6 Å². The summed E-state index contributed by atoms with van der Waals surface area (Å²) in [6.07, 6.45) is 0.724. The van der Waals surface area contributed by atoms with Crippen LogP contribution in [0.4, 0.5) is 10.1 Å². The second-order valence-electron chi connectivity index (χ2n) is 4.09. The summed E-state index contributed by atoms with van der Waals surface area (Å²) < 4.78 is 13.1. The van der Waals surface area contributed by atoms with Crippen molar-refractivity contribution in [3.63, 3.8) is 0 Å². The van der Waals surface area contributed by atoms with Crippen molar-refractivity contribution in [2.24, 2.45) is 0 Å². The van der Waals surface area contributed by atoms with Gasteiger partial charge < -0.3 is 15.3 Å². The first-order valence-corrected chi connectivity index (χ1v) is 5.62. The summed E-state index contributed by atoms with van der Waals surface area (Å²) in [5, 5.41) is 11.8. The lowest BCUT2D eigenvalue weighted by Crippen LogP contribution is -2.33. The summed E-state index contributed by atoms with van der Waals surface area (Å²) in [5.41, 5.74) is 0.255. The van der Waals surface area contributed by atoms with Gasteiger partial charge in [-0.3, -0.25) is 4.79 Å². The molecule has 1 fully saturated rings. The van der Waals surface area contributed by atoms with E-state index in [9.17, 15) is 14.0 Å². The largest absolute Gasteiger partial charge is 0.478 e. The van der Waals surface area contributed by atoms with Crippen LogP contribution < -0.4 is 10.2 Å². The Hall–Kier alpha value is -2.11. The minimum atomic E-state index is -1.20. The molecule has 5 nitrogen and oxygen atoms in total. The SMILES string of the molecule is O=C1CN(c2ccc(F)cc2C(=O)O)CCCN1. The van der Waals surface area contributed by atoms with E-state index < -0.39 is 11.8 Å². The number of nitrogens with one attached hydrogen (secondary N) is 1. The molecule has 1 aromatic rings. The van der Waals surface area contributed by atoms with Crippen molar-refractivity contribution < 1.29 is 19.1 Å². The molecule has 2 N–H and O–H groups in total. The van der Waals surface area contributed by atoms with Crippen molar-refractivity contribution >= 4 is 17.6 Å². The van der Waals surface area contributed by atoms with Crippen molar-refractivity contribution in [2.75, 3.05) is 24.5 Å². The van der Waals surface area contributed by atoms with Crippen LogP contribution in [0.2, 0.25) is 0 Å². The van der Waals surface area contributed by atoms with Gasteiger partial charge in [-0.15, -0.1) is 0 Å². The van der Waals surface area contributed by atoms with E-state index in [1.807, 2.05) is 0 Å². The molecule has 1 saturated heterocycles. The fraction of sp³-hybridized carbons (Fsp3) is 0.333. The van der Waals surface area contributed by atoms with Crippen LogP contribution in [0.3, 0.4) is 0 Å². The van der Waals surface area contributed by atoms with E-state index >= 15 is 0 Å². The molecule has 0 saturated carbocycles. The Morgan fingerprint density at radius 2 is 2.22 bits per heavy atom. The molecule has 6 heteroatoms. The van der Waals surface area contributed by atoms with Crippen LogP contribution in [0.25, 0.3) is 0 Å². The third-order valence-electron chi connectivity index (χ3n) is 2.79. The number of hydrogen-bond acceptors (Lipinski definition) is 3. The minimum Gasteiger partial charge on any atom is -0.478 e. The number of carbonyl (C=O) groups is 2. The first kappa shape index (κ1) is 12.3. The molecule has 0 atom stereocenters. The second kappa shape index (κ2) is 5.03. The lowest BCUT2D eigenvalue weighted by Gasteiger charge is -2.23. The third-order valence-corrected chi connectivity index (χ3v) is 2.79. The Morgan fingerprint density at radius 3 is 2.94 bits per heavy atom. The Kier molecular flexibility index (Phi) is 3.45. The van der Waals surface area contributed by atoms with Gasteiger partial charge in [0.15, 0.2) is 0 Å². The van der Waals surface area contributed by atoms with Gasteiger partial charge in [0.1, 0.15) is 5.82 Å². The van der Waals surface area contributed by atoms with Crippen molar-refractivity contribution in [2.45, 2.75) is 6.42 Å². The summed E-state index contributed by atoms with van der Waals surface area (Å²) in [6, 6.07) is 3.57. The summed E-state index contributed by atoms with van der Waals surface area (Å²) in [7, 11) is 0. The van der Waals surface area contributed by atoms with Crippen LogP contribution in [0.5, 0.6) is 0 Å². The van der Waals surface area contributed by atoms with Gasteiger partial charge in [-0.1, -0.05) is 0 Å². The lowest BCUT2D eigenvalue weighted by molar-refractivity contribution is -0.119. The molecule has 1 heterocycles. The Bertz CT molecular complexity index is 490. The van der Waals surface area contributed by atoms with E-state index in [2.05, 4.69) is 5.32 Å². The molecule has 18 heavy (non-hydrogen) atoms. The molecule has 0 bridgehead atoms. The van der Waals surface area contributed by atoms with Crippen LogP contribution >= 0.6 is 0 Å². The third kappa shape index (κ3) is 2.58. The average Bonchev–Trinajstić information content (AvgIpc) is 2.53. The lowest BCUT2D eigenvalue weighted by atomic mass is 10.1. The molecular formula is C12H13FN2O3. The number of carbonyl (C=O) groups excluding carboxylic acids is 1. The maximum atomic E-state index is 13.1. The highest BCUT2D eigenvalue weighted by molar-refractivity contribution is 5.95. The molecule has 0 unspecified atom stereocenters. The number of rotatable bonds is 2. The topological polar surface area (TPSA) is 69.6 Å². The van der Waals surface area contributed by atoms with Crippen LogP contribution in [0.1, 0.15) is 16.8 Å². The molecule has 1 aliphatic rings. The number of hydrogen-bond donors (Lipinski definition) is 2. The molecule has 0 radical (unpaired) electrons. The van der Waals surface area contributed by atoms with Crippen molar-refractivity contribution in [1.82, 2.24) is 5.32 Å². The molecule has 96 valence electrons. The van der Waals surface area contributed by atoms with Crippen molar-refractivity contribution in [1.29, 1.82) is 0 Å². The molecule has 2 rings (SSSR count). The number of nitrogens with zero attached hydrogens (tertiary/aromatic N) is 1. The second-order valence-corrected chi connectivity index (χ2v) is 4.09. The van der Waals surface area contributed by atoms with E-state index in [4.69, 9.17) is 5.11 Å².